The Morgan fingerprint density at radius 2 is 1.21 bits per heavy atom. The lowest BCUT2D eigenvalue weighted by atomic mass is 10.2. The van der Waals surface area contributed by atoms with Crippen molar-refractivity contribution in [3.05, 3.63) is 71.8 Å². The first-order valence-electron chi connectivity index (χ1n) is 7.80. The van der Waals surface area contributed by atoms with Crippen molar-refractivity contribution in [2.45, 2.75) is 25.4 Å². The van der Waals surface area contributed by atoms with Gasteiger partial charge in [0.05, 0.1) is 26.4 Å². The predicted octanol–water partition coefficient (Wildman–Crippen LogP) is 2.78. The van der Waals surface area contributed by atoms with Gasteiger partial charge >= 0.3 is 11.4 Å². The lowest BCUT2D eigenvalue weighted by Crippen LogP contribution is -2.36. The van der Waals surface area contributed by atoms with Crippen molar-refractivity contribution in [3.8, 4) is 0 Å². The topological polar surface area (TPSA) is 54.0 Å². The minimum atomic E-state index is -1.76. The molecule has 0 N–H and O–H groups in total. The van der Waals surface area contributed by atoms with Crippen LogP contribution in [0, 0.1) is 0 Å². The predicted molar refractivity (Wildman–Crippen MR) is 90.1 cm³/mol. The lowest BCUT2D eigenvalue weighted by Gasteiger charge is -2.24. The van der Waals surface area contributed by atoms with Crippen molar-refractivity contribution in [2.75, 3.05) is 13.2 Å². The van der Waals surface area contributed by atoms with Crippen LogP contribution >= 0.6 is 0 Å². The fourth-order valence-electron chi connectivity index (χ4n) is 2.36. The molecule has 0 bridgehead atoms. The summed E-state index contributed by atoms with van der Waals surface area (Å²) in [6.45, 7) is 1.21. The molecular weight excluding hydrogens is 328 g/mol. The second kappa shape index (κ2) is 9.05. The molecule has 0 unspecified atom stereocenters. The fourth-order valence-corrected chi connectivity index (χ4v) is 2.92. The number of hydrogen-bond acceptors (Lipinski definition) is 5. The highest BCUT2D eigenvalue weighted by molar-refractivity contribution is 7.75. The Kier molecular flexibility index (Phi) is 6.51. The van der Waals surface area contributed by atoms with Crippen molar-refractivity contribution in [1.82, 2.24) is 0 Å². The Balaban J connectivity index is 1.60. The first-order chi connectivity index (χ1) is 11.8. The highest BCUT2D eigenvalue weighted by atomic mass is 32.2. The molecule has 24 heavy (non-hydrogen) atoms. The van der Waals surface area contributed by atoms with Crippen LogP contribution in [-0.4, -0.2) is 29.6 Å². The Bertz CT molecular complexity index is 579. The minimum absolute atomic E-state index is 0.166. The molecule has 5 nitrogen and oxygen atoms in total. The monoisotopic (exact) mass is 348 g/mol. The van der Waals surface area contributed by atoms with Gasteiger partial charge in [0.15, 0.2) is 0 Å². The van der Waals surface area contributed by atoms with E-state index >= 15 is 0 Å². The fraction of sp³-hybridized carbons (Fsp3) is 0.333. The van der Waals surface area contributed by atoms with Crippen LogP contribution in [0.2, 0.25) is 0 Å². The standard InChI is InChI=1S/C18H20O5S/c19-24-22-13-17(20-11-15-7-3-1-4-8-15)18(14-23-24)21-12-16-9-5-2-6-10-16/h1-10,17-18H,11-14H2/t17-,18-/m0/s1. The molecule has 1 aliphatic heterocycles. The third-order valence-corrected chi connectivity index (χ3v) is 4.34. The molecule has 1 saturated heterocycles. The van der Waals surface area contributed by atoms with Crippen molar-refractivity contribution in [3.63, 3.8) is 0 Å². The van der Waals surface area contributed by atoms with E-state index in [2.05, 4.69) is 0 Å². The van der Waals surface area contributed by atoms with E-state index in [9.17, 15) is 4.21 Å². The van der Waals surface area contributed by atoms with Crippen LogP contribution in [0.15, 0.2) is 60.7 Å². The summed E-state index contributed by atoms with van der Waals surface area (Å²) in [7, 11) is 0. The van der Waals surface area contributed by atoms with Gasteiger partial charge in [-0.2, -0.15) is 4.21 Å². The Morgan fingerprint density at radius 3 is 1.62 bits per heavy atom. The summed E-state index contributed by atoms with van der Waals surface area (Å²) >= 11 is -1.76. The highest BCUT2D eigenvalue weighted by Crippen LogP contribution is 2.16. The zero-order valence-corrected chi connectivity index (χ0v) is 14.0. The van der Waals surface area contributed by atoms with Gasteiger partial charge in [0.2, 0.25) is 0 Å². The van der Waals surface area contributed by atoms with E-state index in [-0.39, 0.29) is 25.4 Å². The van der Waals surface area contributed by atoms with Crippen LogP contribution in [0.5, 0.6) is 0 Å². The van der Waals surface area contributed by atoms with Crippen LogP contribution in [0.25, 0.3) is 0 Å². The number of benzene rings is 2. The van der Waals surface area contributed by atoms with Gasteiger partial charge in [0.1, 0.15) is 12.2 Å². The molecule has 1 fully saturated rings. The average Bonchev–Trinajstić information content (AvgIpc) is 2.81. The number of ether oxygens (including phenoxy) is 2. The first kappa shape index (κ1) is 17.3. The summed E-state index contributed by atoms with van der Waals surface area (Å²) in [6.07, 6.45) is -0.694. The maximum atomic E-state index is 11.5. The van der Waals surface area contributed by atoms with Gasteiger partial charge in [0.25, 0.3) is 0 Å². The van der Waals surface area contributed by atoms with E-state index in [0.717, 1.165) is 11.1 Å². The van der Waals surface area contributed by atoms with Gasteiger partial charge in [-0.3, -0.25) is 8.37 Å². The first-order valence-corrected chi connectivity index (χ1v) is 8.80. The molecular formula is C18H20O5S. The molecule has 1 heterocycles. The van der Waals surface area contributed by atoms with Gasteiger partial charge in [-0.1, -0.05) is 60.7 Å². The molecule has 2 aromatic rings. The smallest absolute Gasteiger partial charge is 0.304 e. The Labute approximate surface area is 144 Å². The third-order valence-electron chi connectivity index (χ3n) is 3.69. The summed E-state index contributed by atoms with van der Waals surface area (Å²) in [5, 5.41) is 0. The van der Waals surface area contributed by atoms with E-state index < -0.39 is 11.4 Å². The van der Waals surface area contributed by atoms with Crippen LogP contribution in [0.1, 0.15) is 11.1 Å². The zero-order valence-electron chi connectivity index (χ0n) is 13.2. The molecule has 0 radical (unpaired) electrons. The summed E-state index contributed by atoms with van der Waals surface area (Å²) in [5.41, 5.74) is 2.12. The van der Waals surface area contributed by atoms with Crippen LogP contribution < -0.4 is 0 Å². The van der Waals surface area contributed by atoms with Gasteiger partial charge in [-0.05, 0) is 11.1 Å². The van der Waals surface area contributed by atoms with Crippen molar-refractivity contribution in [2.24, 2.45) is 0 Å². The van der Waals surface area contributed by atoms with E-state index in [1.807, 2.05) is 60.7 Å². The molecule has 128 valence electrons. The van der Waals surface area contributed by atoms with Gasteiger partial charge in [-0.15, -0.1) is 0 Å². The maximum Gasteiger partial charge on any atom is 0.304 e. The minimum Gasteiger partial charge on any atom is -0.368 e. The average molecular weight is 348 g/mol. The van der Waals surface area contributed by atoms with E-state index in [1.54, 1.807) is 0 Å². The van der Waals surface area contributed by atoms with Crippen molar-refractivity contribution in [1.29, 1.82) is 0 Å². The van der Waals surface area contributed by atoms with Crippen LogP contribution in [-0.2, 0) is 42.4 Å². The van der Waals surface area contributed by atoms with E-state index in [0.29, 0.717) is 13.2 Å². The summed E-state index contributed by atoms with van der Waals surface area (Å²) in [5.74, 6) is 0. The molecule has 3 rings (SSSR count). The van der Waals surface area contributed by atoms with E-state index in [1.165, 1.54) is 0 Å². The molecule has 0 amide bonds. The summed E-state index contributed by atoms with van der Waals surface area (Å²) in [6, 6.07) is 19.7. The van der Waals surface area contributed by atoms with Crippen molar-refractivity contribution < 1.29 is 22.0 Å². The lowest BCUT2D eigenvalue weighted by molar-refractivity contribution is -0.101. The van der Waals surface area contributed by atoms with Crippen LogP contribution in [0.3, 0.4) is 0 Å². The van der Waals surface area contributed by atoms with Gasteiger partial charge < -0.3 is 9.47 Å². The second-order valence-corrected chi connectivity index (χ2v) is 6.32. The molecule has 2 aromatic carbocycles. The van der Waals surface area contributed by atoms with E-state index in [4.69, 9.17) is 17.8 Å². The molecule has 0 saturated carbocycles. The largest absolute Gasteiger partial charge is 0.368 e. The Morgan fingerprint density at radius 1 is 0.792 bits per heavy atom. The SMILES string of the molecule is O=S1OC[C@H](OCc2ccccc2)[C@@H](OCc2ccccc2)CO1. The molecule has 6 heteroatoms. The van der Waals surface area contributed by atoms with Crippen molar-refractivity contribution >= 4 is 11.4 Å². The summed E-state index contributed by atoms with van der Waals surface area (Å²) < 4.78 is 33.6. The second-order valence-electron chi connectivity index (χ2n) is 5.44. The van der Waals surface area contributed by atoms with Gasteiger partial charge in [-0.25, -0.2) is 0 Å². The maximum absolute atomic E-state index is 11.5. The normalized spacial score (nSPS) is 22.2. The number of rotatable bonds is 6. The third kappa shape index (κ3) is 5.22. The highest BCUT2D eigenvalue weighted by Gasteiger charge is 2.29. The molecule has 0 aromatic heterocycles. The number of hydrogen-bond donors (Lipinski definition) is 0. The Hall–Kier alpha value is -1.57. The molecule has 1 aliphatic rings. The van der Waals surface area contributed by atoms with Gasteiger partial charge in [0, 0.05) is 0 Å². The summed E-state index contributed by atoms with van der Waals surface area (Å²) in [4.78, 5) is 0. The van der Waals surface area contributed by atoms with Crippen LogP contribution in [0.4, 0.5) is 0 Å². The zero-order chi connectivity index (χ0) is 16.6. The molecule has 0 spiro atoms. The molecule has 2 atom stereocenters. The quantitative estimate of drug-likeness (QED) is 0.803. The molecule has 0 aliphatic carbocycles.